The zero-order chi connectivity index (χ0) is 18.7. The summed E-state index contributed by atoms with van der Waals surface area (Å²) in [4.78, 5) is 23.4. The number of carbonyl (C=O) groups excluding carboxylic acids is 2. The summed E-state index contributed by atoms with van der Waals surface area (Å²) in [6.07, 6.45) is 1.70. The van der Waals surface area contributed by atoms with Crippen molar-refractivity contribution < 1.29 is 23.8 Å². The first kappa shape index (κ1) is 17.3. The number of fused-ring (bicyclic) bond motifs is 1. The van der Waals surface area contributed by atoms with Gasteiger partial charge in [-0.25, -0.2) is 0 Å². The zero-order valence-corrected chi connectivity index (χ0v) is 14.4. The highest BCUT2D eigenvalue weighted by Gasteiger charge is 2.27. The third-order valence-corrected chi connectivity index (χ3v) is 3.90. The lowest BCUT2D eigenvalue weighted by atomic mass is 10.0. The second-order valence-electron chi connectivity index (χ2n) is 5.56. The molecule has 7 heteroatoms. The van der Waals surface area contributed by atoms with Crippen LogP contribution >= 0.6 is 0 Å². The fraction of sp³-hybridized carbons (Fsp3) is 0.158. The summed E-state index contributed by atoms with van der Waals surface area (Å²) in [5, 5.41) is 2.81. The topological polar surface area (TPSA) is 99.9 Å². The van der Waals surface area contributed by atoms with Crippen LogP contribution in [0.5, 0.6) is 17.2 Å². The molecule has 2 aromatic rings. The number of anilines is 1. The molecular formula is C19H18N2O5. The minimum atomic E-state index is -0.576. The standard InChI is InChI=1S/C19H18N2O5/c1-24-16-8-12-13(19(23)21-14(12)9-17(16)25-2)7-11-5-3-4-6-15(11)26-10-18(20)22/h3-9H,10H2,1-2H3,(H2,20,22)(H,21,23). The summed E-state index contributed by atoms with van der Waals surface area (Å²) in [6.45, 7) is -0.242. The van der Waals surface area contributed by atoms with Crippen molar-refractivity contribution in [3.05, 3.63) is 47.5 Å². The number of para-hydroxylation sites is 1. The molecule has 2 amide bonds. The summed E-state index contributed by atoms with van der Waals surface area (Å²) >= 11 is 0. The number of hydrogen-bond donors (Lipinski definition) is 2. The monoisotopic (exact) mass is 354 g/mol. The van der Waals surface area contributed by atoms with Crippen LogP contribution in [0.4, 0.5) is 5.69 Å². The second kappa shape index (κ2) is 7.18. The molecule has 1 aliphatic rings. The van der Waals surface area contributed by atoms with E-state index in [9.17, 15) is 9.59 Å². The van der Waals surface area contributed by atoms with E-state index in [0.717, 1.165) is 0 Å². The molecule has 0 radical (unpaired) electrons. The molecule has 3 N–H and O–H groups in total. The van der Waals surface area contributed by atoms with E-state index in [1.54, 1.807) is 36.4 Å². The number of methoxy groups -OCH3 is 2. The fourth-order valence-electron chi connectivity index (χ4n) is 2.70. The zero-order valence-electron chi connectivity index (χ0n) is 14.4. The van der Waals surface area contributed by atoms with Gasteiger partial charge in [0.25, 0.3) is 11.8 Å². The van der Waals surface area contributed by atoms with Crippen LogP contribution in [0.2, 0.25) is 0 Å². The van der Waals surface area contributed by atoms with E-state index >= 15 is 0 Å². The lowest BCUT2D eigenvalue weighted by Gasteiger charge is -2.10. The third-order valence-electron chi connectivity index (χ3n) is 3.90. The third kappa shape index (κ3) is 3.32. The van der Waals surface area contributed by atoms with E-state index in [2.05, 4.69) is 5.32 Å². The number of benzene rings is 2. The molecule has 0 aliphatic carbocycles. The normalized spacial score (nSPS) is 13.9. The van der Waals surface area contributed by atoms with Crippen LogP contribution in [0.25, 0.3) is 11.6 Å². The van der Waals surface area contributed by atoms with Crippen LogP contribution in [0.1, 0.15) is 11.1 Å². The Morgan fingerprint density at radius 1 is 1.12 bits per heavy atom. The minimum Gasteiger partial charge on any atom is -0.493 e. The second-order valence-corrected chi connectivity index (χ2v) is 5.56. The van der Waals surface area contributed by atoms with Crippen molar-refractivity contribution >= 4 is 29.2 Å². The van der Waals surface area contributed by atoms with Crippen LogP contribution in [-0.4, -0.2) is 32.6 Å². The van der Waals surface area contributed by atoms with Gasteiger partial charge >= 0.3 is 0 Å². The first-order valence-electron chi connectivity index (χ1n) is 7.83. The number of primary amides is 1. The molecule has 0 fully saturated rings. The molecule has 0 saturated heterocycles. The Morgan fingerprint density at radius 3 is 2.50 bits per heavy atom. The van der Waals surface area contributed by atoms with E-state index in [-0.39, 0.29) is 12.5 Å². The Kier molecular flexibility index (Phi) is 4.79. The summed E-state index contributed by atoms with van der Waals surface area (Å²) < 4.78 is 16.0. The molecule has 0 unspecified atom stereocenters. The lowest BCUT2D eigenvalue weighted by molar-refractivity contribution is -0.120. The summed E-state index contributed by atoms with van der Waals surface area (Å²) in [6, 6.07) is 10.5. The number of ether oxygens (including phenoxy) is 3. The van der Waals surface area contributed by atoms with Gasteiger partial charge in [-0.2, -0.15) is 0 Å². The number of rotatable bonds is 6. The van der Waals surface area contributed by atoms with Crippen molar-refractivity contribution in [2.24, 2.45) is 5.73 Å². The van der Waals surface area contributed by atoms with E-state index in [4.69, 9.17) is 19.9 Å². The number of carbonyl (C=O) groups is 2. The Labute approximate surface area is 150 Å². The van der Waals surface area contributed by atoms with E-state index < -0.39 is 5.91 Å². The van der Waals surface area contributed by atoms with Crippen LogP contribution in [0.3, 0.4) is 0 Å². The quantitative estimate of drug-likeness (QED) is 0.774. The maximum Gasteiger partial charge on any atom is 0.256 e. The molecule has 0 saturated carbocycles. The van der Waals surface area contributed by atoms with Gasteiger partial charge in [0.15, 0.2) is 18.1 Å². The van der Waals surface area contributed by atoms with Crippen molar-refractivity contribution in [1.29, 1.82) is 0 Å². The van der Waals surface area contributed by atoms with Crippen molar-refractivity contribution in [3.63, 3.8) is 0 Å². The summed E-state index contributed by atoms with van der Waals surface area (Å²) in [5.41, 5.74) is 7.56. The van der Waals surface area contributed by atoms with Crippen molar-refractivity contribution in [2.45, 2.75) is 0 Å². The first-order chi connectivity index (χ1) is 12.5. The predicted octanol–water partition coefficient (Wildman–Crippen LogP) is 2.06. The molecule has 26 heavy (non-hydrogen) atoms. The SMILES string of the molecule is COc1cc2c(cc1OC)C(=Cc1ccccc1OCC(N)=O)C(=O)N2. The molecule has 0 bridgehead atoms. The van der Waals surface area contributed by atoms with Gasteiger partial charge in [-0.05, 0) is 18.2 Å². The molecule has 0 aromatic heterocycles. The first-order valence-corrected chi connectivity index (χ1v) is 7.83. The molecule has 0 atom stereocenters. The Morgan fingerprint density at radius 2 is 1.81 bits per heavy atom. The van der Waals surface area contributed by atoms with Crippen LogP contribution in [-0.2, 0) is 9.59 Å². The number of hydrogen-bond acceptors (Lipinski definition) is 5. The van der Waals surface area contributed by atoms with Crippen molar-refractivity contribution in [3.8, 4) is 17.2 Å². The van der Waals surface area contributed by atoms with Gasteiger partial charge in [0.1, 0.15) is 5.75 Å². The molecular weight excluding hydrogens is 336 g/mol. The maximum atomic E-state index is 12.4. The minimum absolute atomic E-state index is 0.242. The van der Waals surface area contributed by atoms with Crippen LogP contribution in [0, 0.1) is 0 Å². The summed E-state index contributed by atoms with van der Waals surface area (Å²) in [5.74, 6) is 0.679. The smallest absolute Gasteiger partial charge is 0.256 e. The Hall–Kier alpha value is -3.48. The molecule has 3 rings (SSSR count). The highest BCUT2D eigenvalue weighted by molar-refractivity contribution is 6.35. The lowest BCUT2D eigenvalue weighted by Crippen LogP contribution is -2.20. The Balaban J connectivity index is 2.04. The highest BCUT2D eigenvalue weighted by Crippen LogP contribution is 2.41. The van der Waals surface area contributed by atoms with Gasteiger partial charge in [-0.1, -0.05) is 18.2 Å². The van der Waals surface area contributed by atoms with Crippen molar-refractivity contribution in [2.75, 3.05) is 26.1 Å². The predicted molar refractivity (Wildman–Crippen MR) is 97.2 cm³/mol. The van der Waals surface area contributed by atoms with Gasteiger partial charge in [0.2, 0.25) is 0 Å². The van der Waals surface area contributed by atoms with Gasteiger partial charge in [-0.3, -0.25) is 9.59 Å². The maximum absolute atomic E-state index is 12.4. The number of amides is 2. The van der Waals surface area contributed by atoms with E-state index in [1.807, 2.05) is 6.07 Å². The highest BCUT2D eigenvalue weighted by atomic mass is 16.5. The van der Waals surface area contributed by atoms with Crippen LogP contribution in [0.15, 0.2) is 36.4 Å². The van der Waals surface area contributed by atoms with Crippen molar-refractivity contribution in [1.82, 2.24) is 0 Å². The van der Waals surface area contributed by atoms with Crippen LogP contribution < -0.4 is 25.3 Å². The molecule has 1 heterocycles. The molecule has 1 aliphatic heterocycles. The van der Waals surface area contributed by atoms with Gasteiger partial charge in [-0.15, -0.1) is 0 Å². The van der Waals surface area contributed by atoms with E-state index in [0.29, 0.717) is 39.6 Å². The Bertz CT molecular complexity index is 905. The average molecular weight is 354 g/mol. The molecule has 134 valence electrons. The molecule has 7 nitrogen and oxygen atoms in total. The molecule has 2 aromatic carbocycles. The average Bonchev–Trinajstić information content (AvgIpc) is 2.94. The fourth-order valence-corrected chi connectivity index (χ4v) is 2.70. The number of nitrogens with one attached hydrogen (secondary N) is 1. The number of nitrogens with two attached hydrogens (primary N) is 1. The van der Waals surface area contributed by atoms with Gasteiger partial charge in [0.05, 0.1) is 19.9 Å². The van der Waals surface area contributed by atoms with E-state index in [1.165, 1.54) is 14.2 Å². The molecule has 0 spiro atoms. The van der Waals surface area contributed by atoms with Gasteiger partial charge < -0.3 is 25.3 Å². The summed E-state index contributed by atoms with van der Waals surface area (Å²) in [7, 11) is 3.06. The van der Waals surface area contributed by atoms with Gasteiger partial charge in [0, 0.05) is 22.8 Å². The largest absolute Gasteiger partial charge is 0.493 e.